The van der Waals surface area contributed by atoms with Crippen LogP contribution in [0.25, 0.3) is 0 Å². The summed E-state index contributed by atoms with van der Waals surface area (Å²) in [7, 11) is 0. The molecule has 0 N–H and O–H groups in total. The van der Waals surface area contributed by atoms with Crippen LogP contribution in [0.1, 0.15) is 19.3 Å². The Bertz CT molecular complexity index is 544. The number of pyridine rings is 1. The monoisotopic (exact) mass is 322 g/mol. The quantitative estimate of drug-likeness (QED) is 0.847. The minimum absolute atomic E-state index is 0.0927. The summed E-state index contributed by atoms with van der Waals surface area (Å²) >= 11 is 0. The van der Waals surface area contributed by atoms with Gasteiger partial charge in [-0.25, -0.2) is 9.37 Å². The Kier molecular flexibility index (Phi) is 4.22. The molecule has 4 heterocycles. The van der Waals surface area contributed by atoms with Gasteiger partial charge in [-0.05, 0) is 31.4 Å². The molecule has 5 nitrogen and oxygen atoms in total. The Morgan fingerprint density at radius 1 is 1.26 bits per heavy atom. The van der Waals surface area contributed by atoms with Gasteiger partial charge in [0.2, 0.25) is 5.88 Å². The molecule has 6 heteroatoms. The lowest BCUT2D eigenvalue weighted by atomic mass is 9.79. The van der Waals surface area contributed by atoms with E-state index in [1.807, 2.05) is 0 Å². The van der Waals surface area contributed by atoms with E-state index in [-0.39, 0.29) is 11.5 Å². The Morgan fingerprint density at radius 2 is 2.09 bits per heavy atom. The summed E-state index contributed by atoms with van der Waals surface area (Å²) in [6.45, 7) is 4.86. The van der Waals surface area contributed by atoms with Crippen molar-refractivity contribution in [3.8, 4) is 5.88 Å². The lowest BCUT2D eigenvalue weighted by Crippen LogP contribution is -2.68. The Hall–Kier alpha value is -1.24. The molecule has 3 fully saturated rings. The Morgan fingerprint density at radius 3 is 2.87 bits per heavy atom. The third-order valence-electron chi connectivity index (χ3n) is 5.39. The van der Waals surface area contributed by atoms with E-state index in [1.165, 1.54) is 6.07 Å². The van der Waals surface area contributed by atoms with Crippen LogP contribution in [-0.4, -0.2) is 61.0 Å². The second-order valence-electron chi connectivity index (χ2n) is 6.75. The van der Waals surface area contributed by atoms with Crippen LogP contribution in [0.4, 0.5) is 4.39 Å². The fourth-order valence-electron chi connectivity index (χ4n) is 3.98. The lowest BCUT2D eigenvalue weighted by molar-refractivity contribution is -0.160. The number of nitrogens with zero attached hydrogens (tertiary/aromatic N) is 2. The van der Waals surface area contributed by atoms with Crippen LogP contribution in [0.2, 0.25) is 0 Å². The van der Waals surface area contributed by atoms with E-state index in [0.29, 0.717) is 18.6 Å². The second kappa shape index (κ2) is 6.34. The smallest absolute Gasteiger partial charge is 0.250 e. The average Bonchev–Trinajstić information content (AvgIpc) is 2.97. The van der Waals surface area contributed by atoms with Crippen LogP contribution in [-0.2, 0) is 9.47 Å². The first-order valence-electron chi connectivity index (χ1n) is 8.46. The highest BCUT2D eigenvalue weighted by Crippen LogP contribution is 2.42. The molecule has 3 aliphatic rings. The van der Waals surface area contributed by atoms with Crippen LogP contribution in [0.15, 0.2) is 18.3 Å². The predicted molar refractivity (Wildman–Crippen MR) is 81.9 cm³/mol. The van der Waals surface area contributed by atoms with Crippen LogP contribution in [0.3, 0.4) is 0 Å². The third-order valence-corrected chi connectivity index (χ3v) is 5.39. The van der Waals surface area contributed by atoms with Crippen LogP contribution >= 0.6 is 0 Å². The van der Waals surface area contributed by atoms with Crippen molar-refractivity contribution in [2.45, 2.75) is 30.9 Å². The number of hydrogen-bond acceptors (Lipinski definition) is 5. The predicted octanol–water partition coefficient (Wildman–Crippen LogP) is 1.87. The first-order valence-corrected chi connectivity index (χ1v) is 8.46. The van der Waals surface area contributed by atoms with Crippen LogP contribution in [0.5, 0.6) is 5.88 Å². The molecule has 126 valence electrons. The van der Waals surface area contributed by atoms with E-state index in [2.05, 4.69) is 9.88 Å². The summed E-state index contributed by atoms with van der Waals surface area (Å²) in [5.41, 5.74) is -0.108. The van der Waals surface area contributed by atoms with Gasteiger partial charge in [-0.1, -0.05) is 0 Å². The molecular formula is C17H23FN2O3. The average molecular weight is 322 g/mol. The highest BCUT2D eigenvalue weighted by atomic mass is 19.1. The minimum Gasteiger partial charge on any atom is -0.475 e. The molecule has 1 spiro atoms. The fraction of sp³-hybridized carbons (Fsp3) is 0.706. The molecule has 0 aliphatic carbocycles. The maximum Gasteiger partial charge on any atom is 0.250 e. The molecule has 0 saturated carbocycles. The van der Waals surface area contributed by atoms with E-state index < -0.39 is 5.82 Å². The van der Waals surface area contributed by atoms with E-state index >= 15 is 0 Å². The number of ether oxygens (including phenoxy) is 3. The summed E-state index contributed by atoms with van der Waals surface area (Å²) in [5.74, 6) is -0.00642. The zero-order valence-electron chi connectivity index (χ0n) is 13.2. The zero-order valence-corrected chi connectivity index (χ0v) is 13.2. The number of aromatic nitrogens is 1. The fourth-order valence-corrected chi connectivity index (χ4v) is 3.98. The first-order chi connectivity index (χ1) is 11.3. The topological polar surface area (TPSA) is 43.8 Å². The van der Waals surface area contributed by atoms with Gasteiger partial charge >= 0.3 is 0 Å². The van der Waals surface area contributed by atoms with Crippen molar-refractivity contribution in [2.24, 2.45) is 5.92 Å². The number of hydrogen-bond donors (Lipinski definition) is 0. The Labute approximate surface area is 135 Å². The molecule has 3 saturated heterocycles. The summed E-state index contributed by atoms with van der Waals surface area (Å²) in [5, 5.41) is 0. The van der Waals surface area contributed by atoms with Gasteiger partial charge in [0.05, 0.1) is 12.2 Å². The van der Waals surface area contributed by atoms with Crippen molar-refractivity contribution >= 4 is 0 Å². The lowest BCUT2D eigenvalue weighted by Gasteiger charge is -2.53. The van der Waals surface area contributed by atoms with E-state index in [1.54, 1.807) is 12.3 Å². The van der Waals surface area contributed by atoms with E-state index in [0.717, 1.165) is 52.2 Å². The first kappa shape index (κ1) is 15.3. The normalized spacial score (nSPS) is 28.0. The van der Waals surface area contributed by atoms with Gasteiger partial charge in [0, 0.05) is 51.1 Å². The van der Waals surface area contributed by atoms with Crippen molar-refractivity contribution in [3.63, 3.8) is 0 Å². The van der Waals surface area contributed by atoms with E-state index in [4.69, 9.17) is 14.2 Å². The van der Waals surface area contributed by atoms with Gasteiger partial charge in [0.25, 0.3) is 0 Å². The van der Waals surface area contributed by atoms with Gasteiger partial charge in [-0.3, -0.25) is 4.90 Å². The molecule has 0 bridgehead atoms. The molecule has 3 aliphatic heterocycles. The maximum atomic E-state index is 13.6. The molecular weight excluding hydrogens is 299 g/mol. The van der Waals surface area contributed by atoms with Crippen LogP contribution in [0, 0.1) is 11.7 Å². The molecule has 0 amide bonds. The van der Waals surface area contributed by atoms with Gasteiger partial charge in [0.15, 0.2) is 5.82 Å². The standard InChI is InChI=1S/C17H23FN2O3/c18-15-2-1-6-19-16(15)22-10-13-3-9-23-17(13)11-20(12-17)14-4-7-21-8-5-14/h1-2,6,13-14H,3-5,7-12H2/t13-/m0/s1. The molecule has 0 unspecified atom stereocenters. The second-order valence-corrected chi connectivity index (χ2v) is 6.75. The van der Waals surface area contributed by atoms with E-state index in [9.17, 15) is 4.39 Å². The molecule has 1 aromatic rings. The minimum atomic E-state index is -0.405. The molecule has 0 radical (unpaired) electrons. The summed E-state index contributed by atoms with van der Waals surface area (Å²) in [6.07, 6.45) is 4.73. The largest absolute Gasteiger partial charge is 0.475 e. The number of likely N-dealkylation sites (tertiary alicyclic amines) is 1. The highest BCUT2D eigenvalue weighted by molar-refractivity contribution is 5.13. The summed E-state index contributed by atoms with van der Waals surface area (Å²) in [4.78, 5) is 6.46. The van der Waals surface area contributed by atoms with Crippen molar-refractivity contribution in [2.75, 3.05) is 39.5 Å². The highest BCUT2D eigenvalue weighted by Gasteiger charge is 2.54. The third kappa shape index (κ3) is 2.95. The van der Waals surface area contributed by atoms with Gasteiger partial charge in [0.1, 0.15) is 0 Å². The number of halogens is 1. The summed E-state index contributed by atoms with van der Waals surface area (Å²) in [6, 6.07) is 3.56. The molecule has 1 aromatic heterocycles. The maximum absolute atomic E-state index is 13.6. The number of rotatable bonds is 4. The van der Waals surface area contributed by atoms with Crippen molar-refractivity contribution in [1.29, 1.82) is 0 Å². The SMILES string of the molecule is Fc1cccnc1OC[C@@H]1CCOC12CN(C1CCOCC1)C2. The molecule has 1 atom stereocenters. The Balaban J connectivity index is 1.34. The van der Waals surface area contributed by atoms with Crippen molar-refractivity contribution in [1.82, 2.24) is 9.88 Å². The zero-order chi connectivity index (χ0) is 15.7. The van der Waals surface area contributed by atoms with Gasteiger partial charge in [-0.2, -0.15) is 0 Å². The summed E-state index contributed by atoms with van der Waals surface area (Å²) < 4.78 is 30.7. The van der Waals surface area contributed by atoms with Gasteiger partial charge in [-0.15, -0.1) is 0 Å². The molecule has 0 aromatic carbocycles. The molecule has 4 rings (SSSR count). The van der Waals surface area contributed by atoms with Crippen molar-refractivity contribution < 1.29 is 18.6 Å². The van der Waals surface area contributed by atoms with Gasteiger partial charge < -0.3 is 14.2 Å². The van der Waals surface area contributed by atoms with Crippen LogP contribution < -0.4 is 4.74 Å². The van der Waals surface area contributed by atoms with Crippen molar-refractivity contribution in [3.05, 3.63) is 24.1 Å². The molecule has 23 heavy (non-hydrogen) atoms.